The first-order chi connectivity index (χ1) is 16.7. The highest BCUT2D eigenvalue weighted by Crippen LogP contribution is 2.43. The summed E-state index contributed by atoms with van der Waals surface area (Å²) in [5, 5.41) is 10.1. The molecule has 8 nitrogen and oxygen atoms in total. The number of halogens is 3. The molecule has 1 aromatic carbocycles. The molecule has 36 heavy (non-hydrogen) atoms. The first-order valence-corrected chi connectivity index (χ1v) is 12.1. The minimum atomic E-state index is -2.72. The van der Waals surface area contributed by atoms with E-state index in [1.807, 2.05) is 0 Å². The van der Waals surface area contributed by atoms with Gasteiger partial charge in [-0.2, -0.15) is 5.10 Å². The topological polar surface area (TPSA) is 96.3 Å². The van der Waals surface area contributed by atoms with Crippen LogP contribution in [0.3, 0.4) is 0 Å². The molecule has 11 heteroatoms. The van der Waals surface area contributed by atoms with Crippen molar-refractivity contribution >= 4 is 28.6 Å². The number of likely N-dealkylation sites (tertiary alicyclic amines) is 1. The van der Waals surface area contributed by atoms with Gasteiger partial charge >= 0.3 is 0 Å². The van der Waals surface area contributed by atoms with E-state index in [0.717, 1.165) is 0 Å². The minimum Gasteiger partial charge on any atom is -0.354 e. The van der Waals surface area contributed by atoms with Crippen molar-refractivity contribution in [2.75, 3.05) is 20.1 Å². The SMILES string of the molecule is CN1CC(CNC(=O)[C@@H](NC(=O)c2nn(CC3CC(F)(F)C3)c3c(F)cccc23)C(C)(C)C)CC1=O. The van der Waals surface area contributed by atoms with Gasteiger partial charge in [0.1, 0.15) is 17.4 Å². The average molecular weight is 508 g/mol. The molecule has 0 bridgehead atoms. The third-order valence-corrected chi connectivity index (χ3v) is 6.93. The maximum Gasteiger partial charge on any atom is 0.273 e. The summed E-state index contributed by atoms with van der Waals surface area (Å²) in [6.07, 6.45) is -0.261. The predicted molar refractivity (Wildman–Crippen MR) is 127 cm³/mol. The molecule has 2 fully saturated rings. The fourth-order valence-electron chi connectivity index (χ4n) is 4.97. The second-order valence-electron chi connectivity index (χ2n) is 11.2. The second kappa shape index (κ2) is 9.40. The van der Waals surface area contributed by atoms with E-state index in [-0.39, 0.29) is 53.7 Å². The lowest BCUT2D eigenvalue weighted by molar-refractivity contribution is -0.127. The lowest BCUT2D eigenvalue weighted by atomic mass is 9.81. The number of amides is 3. The van der Waals surface area contributed by atoms with Crippen LogP contribution >= 0.6 is 0 Å². The van der Waals surface area contributed by atoms with Gasteiger partial charge in [-0.15, -0.1) is 0 Å². The van der Waals surface area contributed by atoms with Gasteiger partial charge in [0.05, 0.1) is 0 Å². The van der Waals surface area contributed by atoms with Gasteiger partial charge in [0.2, 0.25) is 17.7 Å². The Morgan fingerprint density at radius 3 is 2.50 bits per heavy atom. The summed E-state index contributed by atoms with van der Waals surface area (Å²) >= 11 is 0. The summed E-state index contributed by atoms with van der Waals surface area (Å²) in [6.45, 7) is 6.32. The van der Waals surface area contributed by atoms with Crippen molar-refractivity contribution in [2.45, 2.75) is 58.5 Å². The Bertz CT molecular complexity index is 1180. The fourth-order valence-corrected chi connectivity index (χ4v) is 4.97. The second-order valence-corrected chi connectivity index (χ2v) is 11.2. The van der Waals surface area contributed by atoms with Crippen LogP contribution in [0.2, 0.25) is 0 Å². The molecule has 2 aliphatic rings. The van der Waals surface area contributed by atoms with E-state index in [0.29, 0.717) is 19.5 Å². The van der Waals surface area contributed by atoms with Gasteiger partial charge in [-0.1, -0.05) is 32.9 Å². The number of aromatic nitrogens is 2. The van der Waals surface area contributed by atoms with Crippen LogP contribution in [0.25, 0.3) is 10.9 Å². The Labute approximate surface area is 207 Å². The largest absolute Gasteiger partial charge is 0.354 e. The van der Waals surface area contributed by atoms with Crippen molar-refractivity contribution in [2.24, 2.45) is 17.3 Å². The van der Waals surface area contributed by atoms with Gasteiger partial charge in [-0.25, -0.2) is 13.2 Å². The Hall–Kier alpha value is -3.11. The van der Waals surface area contributed by atoms with E-state index in [2.05, 4.69) is 15.7 Å². The van der Waals surface area contributed by atoms with E-state index in [1.54, 1.807) is 38.8 Å². The van der Waals surface area contributed by atoms with Crippen molar-refractivity contribution < 1.29 is 27.6 Å². The van der Waals surface area contributed by atoms with Crippen molar-refractivity contribution in [1.29, 1.82) is 0 Å². The lowest BCUT2D eigenvalue weighted by Gasteiger charge is -2.34. The molecule has 2 atom stereocenters. The smallest absolute Gasteiger partial charge is 0.273 e. The zero-order chi connectivity index (χ0) is 26.4. The van der Waals surface area contributed by atoms with Gasteiger partial charge in [-0.05, 0) is 17.4 Å². The van der Waals surface area contributed by atoms with Gasteiger partial charge in [0, 0.05) is 57.2 Å². The summed E-state index contributed by atoms with van der Waals surface area (Å²) in [5.41, 5.74) is -0.659. The number of nitrogens with one attached hydrogen (secondary N) is 2. The predicted octanol–water partition coefficient (Wildman–Crippen LogP) is 2.96. The van der Waals surface area contributed by atoms with Gasteiger partial charge in [-0.3, -0.25) is 19.1 Å². The van der Waals surface area contributed by atoms with E-state index in [9.17, 15) is 27.6 Å². The molecule has 3 amide bonds. The maximum atomic E-state index is 14.7. The number of carbonyl (C=O) groups is 3. The van der Waals surface area contributed by atoms with E-state index in [4.69, 9.17) is 0 Å². The Morgan fingerprint density at radius 2 is 1.92 bits per heavy atom. The van der Waals surface area contributed by atoms with E-state index >= 15 is 0 Å². The fraction of sp³-hybridized carbons (Fsp3) is 0.600. The molecule has 1 aliphatic heterocycles. The average Bonchev–Trinajstić information content (AvgIpc) is 3.28. The Balaban J connectivity index is 1.52. The van der Waals surface area contributed by atoms with Crippen LogP contribution in [-0.4, -0.2) is 64.5 Å². The highest BCUT2D eigenvalue weighted by atomic mass is 19.3. The molecular weight excluding hydrogens is 475 g/mol. The number of carbonyl (C=O) groups excluding carboxylic acids is 3. The van der Waals surface area contributed by atoms with Gasteiger partial charge < -0.3 is 15.5 Å². The molecular formula is C25H32F3N5O3. The van der Waals surface area contributed by atoms with Crippen molar-refractivity contribution in [1.82, 2.24) is 25.3 Å². The number of alkyl halides is 2. The normalized spacial score (nSPS) is 20.9. The molecule has 0 spiro atoms. The number of hydrogen-bond donors (Lipinski definition) is 2. The number of benzene rings is 1. The number of hydrogen-bond acceptors (Lipinski definition) is 4. The third-order valence-electron chi connectivity index (χ3n) is 6.93. The van der Waals surface area contributed by atoms with Crippen LogP contribution in [0.1, 0.15) is 50.5 Å². The monoisotopic (exact) mass is 507 g/mol. The third kappa shape index (κ3) is 5.34. The van der Waals surface area contributed by atoms with Crippen LogP contribution in [0.4, 0.5) is 13.2 Å². The molecule has 2 aromatic rings. The summed E-state index contributed by atoms with van der Waals surface area (Å²) in [4.78, 5) is 39.8. The van der Waals surface area contributed by atoms with Gasteiger partial charge in [0.15, 0.2) is 5.69 Å². The van der Waals surface area contributed by atoms with Crippen LogP contribution in [0.15, 0.2) is 18.2 Å². The highest BCUT2D eigenvalue weighted by Gasteiger charge is 2.45. The molecule has 196 valence electrons. The standard InChI is InChI=1S/C25H32F3N5O3/c1-24(2,3)21(23(36)29-11-14-8-18(34)32(4)12-14)30-22(35)19-16-6-5-7-17(26)20(16)33(31-19)13-15-9-25(27,28)10-15/h5-7,14-15,21H,8-13H2,1-4H3,(H,29,36)(H,30,35)/t14?,21-/m1/s1. The van der Waals surface area contributed by atoms with Gasteiger partial charge in [0.25, 0.3) is 5.91 Å². The van der Waals surface area contributed by atoms with Crippen LogP contribution in [0, 0.1) is 23.1 Å². The zero-order valence-corrected chi connectivity index (χ0v) is 20.9. The first-order valence-electron chi connectivity index (χ1n) is 12.1. The molecule has 1 saturated heterocycles. The minimum absolute atomic E-state index is 0.00993. The van der Waals surface area contributed by atoms with Crippen molar-refractivity contribution in [3.63, 3.8) is 0 Å². The highest BCUT2D eigenvalue weighted by molar-refractivity contribution is 6.06. The molecule has 1 saturated carbocycles. The number of fused-ring (bicyclic) bond motifs is 1. The van der Waals surface area contributed by atoms with E-state index in [1.165, 1.54) is 16.8 Å². The summed E-state index contributed by atoms with van der Waals surface area (Å²) < 4.78 is 42.6. The van der Waals surface area contributed by atoms with Crippen LogP contribution in [-0.2, 0) is 16.1 Å². The lowest BCUT2D eigenvalue weighted by Crippen LogP contribution is -2.54. The number of rotatable bonds is 7. The number of nitrogens with zero attached hydrogens (tertiary/aromatic N) is 3. The van der Waals surface area contributed by atoms with Crippen molar-refractivity contribution in [3.8, 4) is 0 Å². The quantitative estimate of drug-likeness (QED) is 0.602. The molecule has 1 unspecified atom stereocenters. The number of para-hydroxylation sites is 1. The molecule has 0 radical (unpaired) electrons. The molecule has 2 N–H and O–H groups in total. The molecule has 4 rings (SSSR count). The molecule has 2 heterocycles. The summed E-state index contributed by atoms with van der Waals surface area (Å²) in [5.74, 6) is -4.74. The molecule has 1 aromatic heterocycles. The Morgan fingerprint density at radius 1 is 1.22 bits per heavy atom. The van der Waals surface area contributed by atoms with E-state index < -0.39 is 35.0 Å². The molecule has 1 aliphatic carbocycles. The Kier molecular flexibility index (Phi) is 6.78. The zero-order valence-electron chi connectivity index (χ0n) is 20.9. The van der Waals surface area contributed by atoms with Crippen LogP contribution < -0.4 is 10.6 Å². The van der Waals surface area contributed by atoms with Crippen LogP contribution in [0.5, 0.6) is 0 Å². The first kappa shape index (κ1) is 26.0. The summed E-state index contributed by atoms with van der Waals surface area (Å²) in [7, 11) is 1.71. The maximum absolute atomic E-state index is 14.7. The summed E-state index contributed by atoms with van der Waals surface area (Å²) in [6, 6.07) is 3.30. The van der Waals surface area contributed by atoms with Crippen molar-refractivity contribution in [3.05, 3.63) is 29.7 Å².